The molecule has 2 aromatic rings. The van der Waals surface area contributed by atoms with Crippen LogP contribution in [-0.4, -0.2) is 19.1 Å². The molecule has 1 fully saturated rings. The van der Waals surface area contributed by atoms with E-state index in [1.54, 1.807) is 0 Å². The molecule has 3 nitrogen and oxygen atoms in total. The zero-order chi connectivity index (χ0) is 24.1. The lowest BCUT2D eigenvalue weighted by molar-refractivity contribution is -0.122. The molecule has 2 aromatic carbocycles. The summed E-state index contributed by atoms with van der Waals surface area (Å²) in [5, 5.41) is 3.12. The summed E-state index contributed by atoms with van der Waals surface area (Å²) in [5.41, 5.74) is 4.20. The average Bonchev–Trinajstić information content (AvgIpc) is 3.63. The molecule has 1 amide bonds. The van der Waals surface area contributed by atoms with Crippen LogP contribution < -0.4 is 10.1 Å². The fourth-order valence-electron chi connectivity index (χ4n) is 4.31. The Morgan fingerprint density at radius 3 is 2.33 bits per heavy atom. The average molecular weight is 450 g/mol. The van der Waals surface area contributed by atoms with Gasteiger partial charge in [0.15, 0.2) is 0 Å². The van der Waals surface area contributed by atoms with Gasteiger partial charge in [-0.3, -0.25) is 4.79 Å². The molecule has 33 heavy (non-hydrogen) atoms. The Labute approximate surface area is 201 Å². The van der Waals surface area contributed by atoms with E-state index in [1.165, 1.54) is 16.7 Å². The number of rotatable bonds is 12. The van der Waals surface area contributed by atoms with Gasteiger partial charge >= 0.3 is 0 Å². The Morgan fingerprint density at radius 1 is 0.970 bits per heavy atom. The summed E-state index contributed by atoms with van der Waals surface area (Å²) in [6.45, 7) is 15.1. The number of carbonyl (C=O) groups excluding carboxylic acids is 1. The smallest absolute Gasteiger partial charge is 0.223 e. The molecule has 1 N–H and O–H groups in total. The van der Waals surface area contributed by atoms with E-state index in [0.717, 1.165) is 44.4 Å². The minimum Gasteiger partial charge on any atom is -0.493 e. The summed E-state index contributed by atoms with van der Waals surface area (Å²) >= 11 is 0. The molecule has 0 heterocycles. The van der Waals surface area contributed by atoms with Crippen LogP contribution in [0.25, 0.3) is 0 Å². The quantitative estimate of drug-likeness (QED) is 0.350. The second-order valence-corrected chi connectivity index (χ2v) is 10.9. The van der Waals surface area contributed by atoms with Gasteiger partial charge in [-0.25, -0.2) is 0 Å². The zero-order valence-corrected chi connectivity index (χ0v) is 21.5. The highest BCUT2D eigenvalue weighted by molar-refractivity contribution is 5.82. The number of carbonyl (C=O) groups is 1. The first-order valence-electron chi connectivity index (χ1n) is 12.8. The minimum atomic E-state index is 0.0721. The third-order valence-corrected chi connectivity index (χ3v) is 7.74. The predicted octanol–water partition coefficient (Wildman–Crippen LogP) is 7.14. The molecule has 0 aromatic heterocycles. The lowest BCUT2D eigenvalue weighted by atomic mass is 9.76. The second kappa shape index (κ2) is 10.8. The van der Waals surface area contributed by atoms with Crippen LogP contribution in [0.5, 0.6) is 5.75 Å². The largest absolute Gasteiger partial charge is 0.493 e. The topological polar surface area (TPSA) is 38.3 Å². The number of hydrogen-bond donors (Lipinski definition) is 1. The number of nitrogens with one attached hydrogen (secondary N) is 1. The van der Waals surface area contributed by atoms with Crippen molar-refractivity contribution in [2.45, 2.75) is 90.4 Å². The van der Waals surface area contributed by atoms with E-state index in [9.17, 15) is 4.79 Å². The van der Waals surface area contributed by atoms with Crippen molar-refractivity contribution in [3.05, 3.63) is 65.2 Å². The molecule has 1 aliphatic carbocycles. The highest BCUT2D eigenvalue weighted by Gasteiger charge is 2.43. The van der Waals surface area contributed by atoms with Gasteiger partial charge in [-0.05, 0) is 66.0 Å². The van der Waals surface area contributed by atoms with Gasteiger partial charge in [0, 0.05) is 18.0 Å². The fraction of sp³-hybridized carbons (Fsp3) is 0.567. The van der Waals surface area contributed by atoms with Crippen molar-refractivity contribution in [1.29, 1.82) is 0 Å². The number of unbranched alkanes of at least 4 members (excludes halogenated alkanes) is 1. The van der Waals surface area contributed by atoms with Gasteiger partial charge in [-0.1, -0.05) is 84.0 Å². The van der Waals surface area contributed by atoms with Crippen LogP contribution >= 0.6 is 0 Å². The fourth-order valence-corrected chi connectivity index (χ4v) is 4.31. The molecule has 3 rings (SSSR count). The third-order valence-electron chi connectivity index (χ3n) is 7.74. The molecule has 0 saturated heterocycles. The predicted molar refractivity (Wildman–Crippen MR) is 138 cm³/mol. The van der Waals surface area contributed by atoms with Crippen LogP contribution in [0, 0.1) is 5.92 Å². The molecular formula is C30H43NO2. The molecule has 180 valence electrons. The molecule has 2 unspecified atom stereocenters. The highest BCUT2D eigenvalue weighted by Crippen LogP contribution is 2.47. The standard InChI is InChI=1S/C30H43NO2/c1-7-29(3,4)23-16-17-27(26(20-23)30(5,6)8-2)33-19-13-12-18-31-28(32)25-21-24(25)22-14-10-9-11-15-22/h9-11,14-17,20,24-25H,7-8,12-13,18-19,21H2,1-6H3,(H,31,32). The number of amides is 1. The van der Waals surface area contributed by atoms with E-state index < -0.39 is 0 Å². The first-order chi connectivity index (χ1) is 15.7. The highest BCUT2D eigenvalue weighted by atomic mass is 16.5. The summed E-state index contributed by atoms with van der Waals surface area (Å²) in [6, 6.07) is 17.1. The van der Waals surface area contributed by atoms with Crippen molar-refractivity contribution in [3.63, 3.8) is 0 Å². The first kappa shape index (κ1) is 25.3. The van der Waals surface area contributed by atoms with Crippen LogP contribution in [-0.2, 0) is 15.6 Å². The Kier molecular flexibility index (Phi) is 8.26. The maximum atomic E-state index is 12.4. The normalized spacial score (nSPS) is 18.1. The number of hydrogen-bond acceptors (Lipinski definition) is 2. The van der Waals surface area contributed by atoms with Crippen LogP contribution in [0.1, 0.15) is 96.3 Å². The van der Waals surface area contributed by atoms with Crippen molar-refractivity contribution in [3.8, 4) is 5.75 Å². The van der Waals surface area contributed by atoms with Crippen molar-refractivity contribution >= 4 is 5.91 Å². The van der Waals surface area contributed by atoms with Crippen molar-refractivity contribution in [2.24, 2.45) is 5.92 Å². The lowest BCUT2D eigenvalue weighted by Crippen LogP contribution is -2.26. The maximum Gasteiger partial charge on any atom is 0.223 e. The third kappa shape index (κ3) is 6.40. The van der Waals surface area contributed by atoms with Gasteiger partial charge in [-0.15, -0.1) is 0 Å². The molecular weight excluding hydrogens is 406 g/mol. The minimum absolute atomic E-state index is 0.0721. The summed E-state index contributed by atoms with van der Waals surface area (Å²) in [4.78, 5) is 12.4. The molecule has 0 aliphatic heterocycles. The van der Waals surface area contributed by atoms with E-state index in [1.807, 2.05) is 18.2 Å². The molecule has 1 saturated carbocycles. The van der Waals surface area contributed by atoms with Crippen molar-refractivity contribution in [1.82, 2.24) is 5.32 Å². The van der Waals surface area contributed by atoms with E-state index in [4.69, 9.17) is 4.74 Å². The van der Waals surface area contributed by atoms with Gasteiger partial charge in [0.2, 0.25) is 5.91 Å². The Bertz CT molecular complexity index is 916. The molecule has 0 bridgehead atoms. The number of benzene rings is 2. The van der Waals surface area contributed by atoms with E-state index >= 15 is 0 Å². The molecule has 1 aliphatic rings. The van der Waals surface area contributed by atoms with Crippen molar-refractivity contribution in [2.75, 3.05) is 13.2 Å². The maximum absolute atomic E-state index is 12.4. The molecule has 0 radical (unpaired) electrons. The SMILES string of the molecule is CCC(C)(C)c1ccc(OCCCCNC(=O)C2CC2c2ccccc2)c(C(C)(C)CC)c1. The van der Waals surface area contributed by atoms with Crippen LogP contribution in [0.3, 0.4) is 0 Å². The van der Waals surface area contributed by atoms with Crippen LogP contribution in [0.2, 0.25) is 0 Å². The van der Waals surface area contributed by atoms with Gasteiger partial charge in [-0.2, -0.15) is 0 Å². The monoisotopic (exact) mass is 449 g/mol. The Morgan fingerprint density at radius 2 is 1.67 bits per heavy atom. The first-order valence-corrected chi connectivity index (χ1v) is 12.8. The van der Waals surface area contributed by atoms with Gasteiger partial charge in [0.05, 0.1) is 6.61 Å². The summed E-state index contributed by atoms with van der Waals surface area (Å²) in [6.07, 6.45) is 5.01. The molecule has 3 heteroatoms. The van der Waals surface area contributed by atoms with Gasteiger partial charge in [0.25, 0.3) is 0 Å². The number of ether oxygens (including phenoxy) is 1. The molecule has 2 atom stereocenters. The van der Waals surface area contributed by atoms with Gasteiger partial charge < -0.3 is 10.1 Å². The lowest BCUT2D eigenvalue weighted by Gasteiger charge is -2.30. The summed E-state index contributed by atoms with van der Waals surface area (Å²) < 4.78 is 6.26. The zero-order valence-electron chi connectivity index (χ0n) is 21.5. The summed E-state index contributed by atoms with van der Waals surface area (Å²) in [5.74, 6) is 1.75. The van der Waals surface area contributed by atoms with E-state index in [-0.39, 0.29) is 22.7 Å². The van der Waals surface area contributed by atoms with E-state index in [2.05, 4.69) is 77.2 Å². The van der Waals surface area contributed by atoms with Crippen molar-refractivity contribution < 1.29 is 9.53 Å². The second-order valence-electron chi connectivity index (χ2n) is 10.9. The van der Waals surface area contributed by atoms with Crippen LogP contribution in [0.15, 0.2) is 48.5 Å². The summed E-state index contributed by atoms with van der Waals surface area (Å²) in [7, 11) is 0. The van der Waals surface area contributed by atoms with Crippen LogP contribution in [0.4, 0.5) is 0 Å². The Balaban J connectivity index is 1.46. The molecule has 0 spiro atoms. The van der Waals surface area contributed by atoms with Gasteiger partial charge in [0.1, 0.15) is 5.75 Å². The Hall–Kier alpha value is -2.29. The van der Waals surface area contributed by atoms with E-state index in [0.29, 0.717) is 12.5 Å².